The summed E-state index contributed by atoms with van der Waals surface area (Å²) in [5.41, 5.74) is 0. The van der Waals surface area contributed by atoms with Crippen LogP contribution in [0.15, 0.2) is 12.7 Å². The van der Waals surface area contributed by atoms with Crippen LogP contribution >= 0.6 is 0 Å². The lowest BCUT2D eigenvalue weighted by Gasteiger charge is -2.23. The molecule has 6 nitrogen and oxygen atoms in total. The molecule has 7 heteroatoms. The van der Waals surface area contributed by atoms with Crippen molar-refractivity contribution in [1.29, 1.82) is 0 Å². The first kappa shape index (κ1) is 17.5. The maximum absolute atomic E-state index is 10.7. The summed E-state index contributed by atoms with van der Waals surface area (Å²) in [5, 5.41) is 2.72. The number of amides is 1. The minimum Gasteiger partial charge on any atom is -0.748 e. The van der Waals surface area contributed by atoms with Crippen molar-refractivity contribution in [3.8, 4) is 0 Å². The van der Waals surface area contributed by atoms with Crippen LogP contribution in [0.5, 0.6) is 0 Å². The Bertz CT molecular complexity index is 309. The number of hydrogen-bond acceptors (Lipinski definition) is 4. The Balaban J connectivity index is 0. The zero-order valence-electron chi connectivity index (χ0n) is 10.2. The van der Waals surface area contributed by atoms with Crippen LogP contribution in [0, 0.1) is 0 Å². The molecule has 1 amide bonds. The molecule has 0 aliphatic heterocycles. The van der Waals surface area contributed by atoms with Gasteiger partial charge in [0.05, 0.1) is 44.4 Å². The summed E-state index contributed by atoms with van der Waals surface area (Å²) in [6.45, 7) is 4.99. The van der Waals surface area contributed by atoms with Gasteiger partial charge in [0, 0.05) is 6.26 Å². The van der Waals surface area contributed by atoms with Crippen LogP contribution in [-0.2, 0) is 14.9 Å². The van der Waals surface area contributed by atoms with Gasteiger partial charge in [-0.05, 0) is 6.08 Å². The van der Waals surface area contributed by atoms with E-state index in [1.165, 1.54) is 6.08 Å². The van der Waals surface area contributed by atoms with E-state index in [0.29, 0.717) is 12.8 Å². The van der Waals surface area contributed by atoms with Crippen LogP contribution < -0.4 is 5.32 Å². The molecule has 1 N–H and O–H groups in total. The summed E-state index contributed by atoms with van der Waals surface area (Å²) in [4.78, 5) is 10.7. The van der Waals surface area contributed by atoms with Gasteiger partial charge in [-0.15, -0.1) is 0 Å². The smallest absolute Gasteiger partial charge is 0.243 e. The molecule has 0 radical (unpaired) electrons. The predicted octanol–water partition coefficient (Wildman–Crippen LogP) is -0.844. The fourth-order valence-corrected chi connectivity index (χ4v) is 0.587. The van der Waals surface area contributed by atoms with E-state index in [2.05, 4.69) is 33.0 Å². The van der Waals surface area contributed by atoms with Gasteiger partial charge < -0.3 is 14.4 Å². The first-order chi connectivity index (χ1) is 6.95. The number of likely N-dealkylation sites (N-methyl/N-ethyl adjacent to an activating group) is 1. The summed E-state index contributed by atoms with van der Waals surface area (Å²) in [6, 6.07) is 0. The minimum absolute atomic E-state index is 0.0987. The number of carbonyl (C=O) groups excluding carboxylic acids is 1. The van der Waals surface area contributed by atoms with Gasteiger partial charge in [0.15, 0.2) is 0 Å². The second kappa shape index (κ2) is 7.37. The molecule has 96 valence electrons. The summed E-state index contributed by atoms with van der Waals surface area (Å²) < 4.78 is 28.1. The molecular formula is C9H20N2O4S. The van der Waals surface area contributed by atoms with Crippen LogP contribution in [0.3, 0.4) is 0 Å². The maximum atomic E-state index is 10.7. The second-order valence-corrected chi connectivity index (χ2v) is 5.62. The fourth-order valence-electron chi connectivity index (χ4n) is 0.587. The van der Waals surface area contributed by atoms with E-state index in [1.807, 2.05) is 0 Å². The molecule has 0 aliphatic rings. The Labute approximate surface area is 97.3 Å². The molecule has 0 saturated carbocycles. The average Bonchev–Trinajstić information content (AvgIpc) is 1.98. The zero-order valence-corrected chi connectivity index (χ0v) is 11.0. The van der Waals surface area contributed by atoms with Crippen LogP contribution in [0.4, 0.5) is 0 Å². The zero-order chi connectivity index (χ0) is 13.4. The van der Waals surface area contributed by atoms with Crippen LogP contribution in [0.2, 0.25) is 0 Å². The first-order valence-corrected chi connectivity index (χ1v) is 6.39. The van der Waals surface area contributed by atoms with Crippen molar-refractivity contribution in [3.05, 3.63) is 12.7 Å². The molecule has 0 aromatic carbocycles. The number of carbonyl (C=O) groups is 1. The van der Waals surface area contributed by atoms with E-state index in [4.69, 9.17) is 13.0 Å². The van der Waals surface area contributed by atoms with E-state index < -0.39 is 10.1 Å². The van der Waals surface area contributed by atoms with Crippen molar-refractivity contribution < 1.29 is 22.2 Å². The molecule has 0 bridgehead atoms. The third-order valence-corrected chi connectivity index (χ3v) is 1.27. The van der Waals surface area contributed by atoms with Gasteiger partial charge in [-0.25, -0.2) is 8.42 Å². The van der Waals surface area contributed by atoms with Gasteiger partial charge in [-0.3, -0.25) is 4.79 Å². The highest BCUT2D eigenvalue weighted by molar-refractivity contribution is 7.84. The average molecular weight is 252 g/mol. The van der Waals surface area contributed by atoms with E-state index in [0.717, 1.165) is 11.0 Å². The summed E-state index contributed by atoms with van der Waals surface area (Å²) in [6.07, 6.45) is 1.89. The monoisotopic (exact) mass is 252 g/mol. The molecule has 0 aromatic rings. The fraction of sp³-hybridized carbons (Fsp3) is 0.667. The molecule has 0 saturated heterocycles. The van der Waals surface area contributed by atoms with Crippen molar-refractivity contribution in [2.75, 3.05) is 40.5 Å². The van der Waals surface area contributed by atoms with Gasteiger partial charge in [0.1, 0.15) is 0 Å². The van der Waals surface area contributed by atoms with Gasteiger partial charge in [0.2, 0.25) is 5.91 Å². The van der Waals surface area contributed by atoms with Crippen molar-refractivity contribution in [3.63, 3.8) is 0 Å². The Morgan fingerprint density at radius 2 is 1.81 bits per heavy atom. The minimum atomic E-state index is -3.92. The standard InChI is InChI=1S/C8H16N2O.CH4O3S/c1-5-8(11)9-6-7-10(2,3)4;1-5(2,3)4/h5H,1,6-7H2,2-4H3;1H3,(H,2,3,4). The van der Waals surface area contributed by atoms with Crippen molar-refractivity contribution in [2.24, 2.45) is 0 Å². The van der Waals surface area contributed by atoms with Crippen LogP contribution in [0.25, 0.3) is 0 Å². The molecule has 0 aliphatic carbocycles. The van der Waals surface area contributed by atoms with E-state index in [9.17, 15) is 4.79 Å². The lowest BCUT2D eigenvalue weighted by Crippen LogP contribution is -2.41. The Morgan fingerprint density at radius 3 is 2.06 bits per heavy atom. The van der Waals surface area contributed by atoms with Crippen molar-refractivity contribution in [2.45, 2.75) is 0 Å². The molecule has 0 fully saturated rings. The Kier molecular flexibility index (Phi) is 8.05. The Hall–Kier alpha value is -0.920. The quantitative estimate of drug-likeness (QED) is 0.401. The summed E-state index contributed by atoms with van der Waals surface area (Å²) in [5.74, 6) is -0.0987. The van der Waals surface area contributed by atoms with Crippen LogP contribution in [0.1, 0.15) is 0 Å². The Morgan fingerprint density at radius 1 is 1.44 bits per heavy atom. The third-order valence-electron chi connectivity index (χ3n) is 1.27. The second-order valence-electron chi connectivity index (χ2n) is 4.21. The molecule has 0 heterocycles. The SMILES string of the molecule is C=CC(=O)NCC[N+](C)(C)C.CS(=O)(=O)[O-]. The maximum Gasteiger partial charge on any atom is 0.243 e. The predicted molar refractivity (Wildman–Crippen MR) is 61.7 cm³/mol. The topological polar surface area (TPSA) is 86.3 Å². The molecule has 0 unspecified atom stereocenters. The largest absolute Gasteiger partial charge is 0.748 e. The lowest BCUT2D eigenvalue weighted by atomic mass is 10.5. The van der Waals surface area contributed by atoms with Gasteiger partial charge in [-0.2, -0.15) is 0 Å². The molecule has 16 heavy (non-hydrogen) atoms. The van der Waals surface area contributed by atoms with Crippen LogP contribution in [-0.4, -0.2) is 63.8 Å². The van der Waals surface area contributed by atoms with E-state index >= 15 is 0 Å². The molecule has 0 rings (SSSR count). The third kappa shape index (κ3) is 29.2. The highest BCUT2D eigenvalue weighted by atomic mass is 32.2. The first-order valence-electron chi connectivity index (χ1n) is 4.57. The van der Waals surface area contributed by atoms with E-state index in [1.54, 1.807) is 0 Å². The van der Waals surface area contributed by atoms with Crippen molar-refractivity contribution in [1.82, 2.24) is 5.32 Å². The summed E-state index contributed by atoms with van der Waals surface area (Å²) in [7, 11) is 2.33. The van der Waals surface area contributed by atoms with E-state index in [-0.39, 0.29) is 5.91 Å². The van der Waals surface area contributed by atoms with Crippen molar-refractivity contribution >= 4 is 16.0 Å². The highest BCUT2D eigenvalue weighted by Gasteiger charge is 2.05. The molecule has 0 spiro atoms. The number of nitrogens with zero attached hydrogens (tertiary/aromatic N) is 1. The number of hydrogen-bond donors (Lipinski definition) is 1. The summed E-state index contributed by atoms with van der Waals surface area (Å²) >= 11 is 0. The van der Waals surface area contributed by atoms with Gasteiger partial charge in [0.25, 0.3) is 0 Å². The molecular weight excluding hydrogens is 232 g/mol. The normalized spacial score (nSPS) is 11.1. The number of rotatable bonds is 4. The van der Waals surface area contributed by atoms with Gasteiger partial charge in [-0.1, -0.05) is 6.58 Å². The van der Waals surface area contributed by atoms with Gasteiger partial charge >= 0.3 is 0 Å². The molecule has 0 aromatic heterocycles. The number of quaternary nitrogens is 1. The highest BCUT2D eigenvalue weighted by Crippen LogP contribution is 1.86. The molecule has 0 atom stereocenters. The number of nitrogens with one attached hydrogen (secondary N) is 1. The lowest BCUT2D eigenvalue weighted by molar-refractivity contribution is -0.869.